The average molecular weight is 334 g/mol. The van der Waals surface area contributed by atoms with Gasteiger partial charge in [0.25, 0.3) is 0 Å². The molecule has 0 saturated heterocycles. The van der Waals surface area contributed by atoms with Gasteiger partial charge in [-0.25, -0.2) is 8.91 Å². The number of rotatable bonds is 1. The molecule has 0 saturated carbocycles. The van der Waals surface area contributed by atoms with Crippen LogP contribution in [0.2, 0.25) is 19.6 Å². The van der Waals surface area contributed by atoms with Gasteiger partial charge in [0.1, 0.15) is 13.9 Å². The van der Waals surface area contributed by atoms with E-state index in [2.05, 4.69) is 47.3 Å². The van der Waals surface area contributed by atoms with E-state index in [0.29, 0.717) is 0 Å². The smallest absolute Gasteiger partial charge is 0.126 e. The predicted octanol–water partition coefficient (Wildman–Crippen LogP) is 2.62. The first kappa shape index (κ1) is 11.1. The van der Waals surface area contributed by atoms with Crippen LogP contribution in [0.15, 0.2) is 18.3 Å². The van der Waals surface area contributed by atoms with Crippen LogP contribution >= 0.6 is 22.6 Å². The number of halogens is 2. The summed E-state index contributed by atoms with van der Waals surface area (Å²) in [5.41, 5.74) is 0.869. The van der Waals surface area contributed by atoms with Crippen molar-refractivity contribution in [2.75, 3.05) is 0 Å². The third kappa shape index (κ3) is 1.94. The van der Waals surface area contributed by atoms with Crippen molar-refractivity contribution in [2.45, 2.75) is 19.6 Å². The van der Waals surface area contributed by atoms with Gasteiger partial charge < -0.3 is 0 Å². The molecule has 15 heavy (non-hydrogen) atoms. The van der Waals surface area contributed by atoms with E-state index >= 15 is 0 Å². The normalized spacial score (nSPS) is 12.3. The van der Waals surface area contributed by atoms with Gasteiger partial charge in [-0.1, -0.05) is 19.6 Å². The van der Waals surface area contributed by atoms with Crippen molar-refractivity contribution in [2.24, 2.45) is 0 Å². The Morgan fingerprint density at radius 2 is 2.07 bits per heavy atom. The first-order chi connectivity index (χ1) is 6.89. The zero-order valence-electron chi connectivity index (χ0n) is 8.88. The van der Waals surface area contributed by atoms with Gasteiger partial charge in [0.15, 0.2) is 0 Å². The van der Waals surface area contributed by atoms with Crippen LogP contribution in [-0.2, 0) is 0 Å². The maximum atomic E-state index is 13.1. The maximum absolute atomic E-state index is 13.1. The summed E-state index contributed by atoms with van der Waals surface area (Å²) < 4.78 is 15.9. The summed E-state index contributed by atoms with van der Waals surface area (Å²) >= 11 is 2.26. The van der Waals surface area contributed by atoms with Crippen molar-refractivity contribution in [3.05, 3.63) is 27.7 Å². The molecule has 0 aliphatic heterocycles. The fraction of sp³-hybridized carbons (Fsp3) is 0.300. The van der Waals surface area contributed by atoms with Crippen molar-refractivity contribution in [1.82, 2.24) is 9.61 Å². The summed E-state index contributed by atoms with van der Waals surface area (Å²) in [5.74, 6) is -0.206. The molecule has 2 rings (SSSR count). The molecule has 0 N–H and O–H groups in total. The zero-order chi connectivity index (χ0) is 11.2. The molecule has 0 fully saturated rings. The highest BCUT2D eigenvalue weighted by molar-refractivity contribution is 14.1. The number of hydrogen-bond donors (Lipinski definition) is 0. The van der Waals surface area contributed by atoms with Gasteiger partial charge in [0.05, 0.1) is 14.4 Å². The Hall–Kier alpha value is -0.433. The molecule has 0 bridgehead atoms. The monoisotopic (exact) mass is 334 g/mol. The molecule has 0 aliphatic rings. The lowest BCUT2D eigenvalue weighted by atomic mass is 10.4. The second-order valence-electron chi connectivity index (χ2n) is 4.59. The highest BCUT2D eigenvalue weighted by atomic mass is 127. The standard InChI is InChI=1S/C10H12FIN2Si/c1-15(2,3)10-9(12)8-6-7(11)4-5-14(8)13-10/h4-6H,1-3H3. The largest absolute Gasteiger partial charge is 0.240 e. The van der Waals surface area contributed by atoms with E-state index in [1.807, 2.05) is 0 Å². The molecule has 5 heteroatoms. The third-order valence-corrected chi connectivity index (χ3v) is 5.59. The lowest BCUT2D eigenvalue weighted by Gasteiger charge is -2.12. The predicted molar refractivity (Wildman–Crippen MR) is 70.8 cm³/mol. The lowest BCUT2D eigenvalue weighted by molar-refractivity contribution is 0.625. The zero-order valence-corrected chi connectivity index (χ0v) is 12.0. The summed E-state index contributed by atoms with van der Waals surface area (Å²) in [6, 6.07) is 2.97. The second kappa shape index (κ2) is 3.55. The molecular weight excluding hydrogens is 322 g/mol. The van der Waals surface area contributed by atoms with Crippen molar-refractivity contribution in [1.29, 1.82) is 0 Å². The van der Waals surface area contributed by atoms with Gasteiger partial charge in [-0.2, -0.15) is 5.10 Å². The molecule has 0 aliphatic carbocycles. The van der Waals surface area contributed by atoms with Crippen molar-refractivity contribution in [3.8, 4) is 0 Å². The van der Waals surface area contributed by atoms with Crippen LogP contribution in [0.3, 0.4) is 0 Å². The van der Waals surface area contributed by atoms with E-state index in [1.165, 1.54) is 6.07 Å². The van der Waals surface area contributed by atoms with Gasteiger partial charge in [-0.3, -0.25) is 0 Å². The quantitative estimate of drug-likeness (QED) is 0.579. The minimum atomic E-state index is -1.44. The van der Waals surface area contributed by atoms with Crippen LogP contribution in [0.5, 0.6) is 0 Å². The molecule has 2 aromatic heterocycles. The Morgan fingerprint density at radius 3 is 2.67 bits per heavy atom. The topological polar surface area (TPSA) is 17.3 Å². The summed E-state index contributed by atoms with van der Waals surface area (Å²) in [4.78, 5) is 0. The van der Waals surface area contributed by atoms with Crippen LogP contribution in [0.25, 0.3) is 5.52 Å². The molecule has 0 aromatic carbocycles. The van der Waals surface area contributed by atoms with Gasteiger partial charge in [-0.15, -0.1) is 0 Å². The molecule has 2 aromatic rings. The van der Waals surface area contributed by atoms with E-state index in [1.54, 1.807) is 16.8 Å². The Kier molecular flexibility index (Phi) is 2.62. The number of pyridine rings is 1. The molecule has 0 atom stereocenters. The van der Waals surface area contributed by atoms with Gasteiger partial charge in [0.2, 0.25) is 0 Å². The Bertz CT molecular complexity index is 516. The minimum absolute atomic E-state index is 0.206. The summed E-state index contributed by atoms with van der Waals surface area (Å²) in [6.07, 6.45) is 1.68. The molecular formula is C10H12FIN2Si. The number of nitrogens with zero attached hydrogens (tertiary/aromatic N) is 2. The lowest BCUT2D eigenvalue weighted by Crippen LogP contribution is -2.40. The van der Waals surface area contributed by atoms with Gasteiger partial charge in [0, 0.05) is 12.3 Å². The number of aromatic nitrogens is 2. The van der Waals surface area contributed by atoms with Crippen LogP contribution < -0.4 is 5.32 Å². The van der Waals surface area contributed by atoms with Gasteiger partial charge in [-0.05, 0) is 28.7 Å². The highest BCUT2D eigenvalue weighted by Crippen LogP contribution is 2.16. The fourth-order valence-corrected chi connectivity index (χ4v) is 5.60. The molecule has 0 unspecified atom stereocenters. The van der Waals surface area contributed by atoms with E-state index in [-0.39, 0.29) is 5.82 Å². The first-order valence-electron chi connectivity index (χ1n) is 4.73. The van der Waals surface area contributed by atoms with Crippen molar-refractivity contribution < 1.29 is 4.39 Å². The molecule has 0 amide bonds. The molecule has 0 radical (unpaired) electrons. The van der Waals surface area contributed by atoms with E-state index in [0.717, 1.165) is 14.4 Å². The van der Waals surface area contributed by atoms with Crippen LogP contribution in [0.4, 0.5) is 4.39 Å². The second-order valence-corrected chi connectivity index (χ2v) is 10.6. The van der Waals surface area contributed by atoms with E-state index in [4.69, 9.17) is 0 Å². The molecule has 0 spiro atoms. The summed E-state index contributed by atoms with van der Waals surface area (Å²) in [5, 5.41) is 5.68. The average Bonchev–Trinajstić information content (AvgIpc) is 2.43. The fourth-order valence-electron chi connectivity index (χ4n) is 1.47. The first-order valence-corrected chi connectivity index (χ1v) is 9.31. The van der Waals surface area contributed by atoms with Gasteiger partial charge >= 0.3 is 0 Å². The Labute approximate surface area is 103 Å². The Morgan fingerprint density at radius 1 is 1.40 bits per heavy atom. The van der Waals surface area contributed by atoms with Crippen LogP contribution in [0, 0.1) is 9.39 Å². The van der Waals surface area contributed by atoms with Crippen molar-refractivity contribution in [3.63, 3.8) is 0 Å². The summed E-state index contributed by atoms with van der Waals surface area (Å²) in [6.45, 7) is 6.73. The maximum Gasteiger partial charge on any atom is 0.126 e. The third-order valence-electron chi connectivity index (χ3n) is 2.25. The van der Waals surface area contributed by atoms with E-state index in [9.17, 15) is 4.39 Å². The Balaban J connectivity index is 2.76. The molecule has 80 valence electrons. The minimum Gasteiger partial charge on any atom is -0.240 e. The number of hydrogen-bond acceptors (Lipinski definition) is 1. The van der Waals surface area contributed by atoms with Crippen LogP contribution in [0.1, 0.15) is 0 Å². The van der Waals surface area contributed by atoms with Crippen molar-refractivity contribution >= 4 is 41.5 Å². The molecule has 2 nitrogen and oxygen atoms in total. The summed E-state index contributed by atoms with van der Waals surface area (Å²) in [7, 11) is -1.44. The highest BCUT2D eigenvalue weighted by Gasteiger charge is 2.24. The number of fused-ring (bicyclic) bond motifs is 1. The SMILES string of the molecule is C[Si](C)(C)c1nn2ccc(F)cc2c1I. The van der Waals surface area contributed by atoms with E-state index < -0.39 is 8.07 Å². The molecule has 2 heterocycles. The van der Waals surface area contributed by atoms with Crippen LogP contribution in [-0.4, -0.2) is 17.7 Å².